The molecule has 6 heteroatoms. The summed E-state index contributed by atoms with van der Waals surface area (Å²) in [5.74, 6) is 0. The first-order valence-corrected chi connectivity index (χ1v) is 5.33. The van der Waals surface area contributed by atoms with E-state index in [1.165, 1.54) is 6.20 Å². The van der Waals surface area contributed by atoms with Crippen molar-refractivity contribution in [2.75, 3.05) is 54.0 Å². The number of methoxy groups -OCH3 is 1. The van der Waals surface area contributed by atoms with Gasteiger partial charge in [0, 0.05) is 66.0 Å². The third-order valence-corrected chi connectivity index (χ3v) is 2.34. The maximum absolute atomic E-state index is 8.80. The summed E-state index contributed by atoms with van der Waals surface area (Å²) in [5.41, 5.74) is 7.67. The van der Waals surface area contributed by atoms with Crippen molar-refractivity contribution in [2.45, 2.75) is 0 Å². The van der Waals surface area contributed by atoms with E-state index in [0.29, 0.717) is 12.1 Å². The molecule has 17 heavy (non-hydrogen) atoms. The Kier molecular flexibility index (Phi) is 14.5. The Bertz CT molecular complexity index is 224. The monoisotopic (exact) mass is 315 g/mol. The van der Waals surface area contributed by atoms with Gasteiger partial charge in [-0.1, -0.05) is 5.57 Å². The predicted octanol–water partition coefficient (Wildman–Crippen LogP) is 1.07. The summed E-state index contributed by atoms with van der Waals surface area (Å²) >= 11 is 0. The third kappa shape index (κ3) is 11.0. The van der Waals surface area contributed by atoms with Crippen LogP contribution in [0.4, 0.5) is 0 Å². The Hall–Kier alpha value is 0.194. The third-order valence-electron chi connectivity index (χ3n) is 2.34. The van der Waals surface area contributed by atoms with E-state index in [1.54, 1.807) is 7.11 Å². The Morgan fingerprint density at radius 3 is 2.29 bits per heavy atom. The molecule has 0 aromatic rings. The summed E-state index contributed by atoms with van der Waals surface area (Å²) < 4.78 is 4.99. The van der Waals surface area contributed by atoms with Crippen LogP contribution in [0, 0.1) is 0 Å². The molecule has 0 fully saturated rings. The first-order chi connectivity index (χ1) is 7.63. The van der Waals surface area contributed by atoms with Gasteiger partial charge in [0.15, 0.2) is 0 Å². The number of nitrogens with zero attached hydrogens (tertiary/aromatic N) is 3. The maximum atomic E-state index is 8.80. The summed E-state index contributed by atoms with van der Waals surface area (Å²) in [6, 6.07) is 0. The van der Waals surface area contributed by atoms with Crippen molar-refractivity contribution >= 4 is 6.21 Å². The van der Waals surface area contributed by atoms with Crippen LogP contribution in [0.3, 0.4) is 0 Å². The summed E-state index contributed by atoms with van der Waals surface area (Å²) in [7, 11) is 5.71. The van der Waals surface area contributed by atoms with Crippen LogP contribution in [-0.4, -0.2) is 70.0 Å². The first-order valence-electron chi connectivity index (χ1n) is 5.33. The molecule has 0 aliphatic carbocycles. The molecule has 5 nitrogen and oxygen atoms in total. The van der Waals surface area contributed by atoms with Crippen LogP contribution in [-0.2, 0) is 37.4 Å². The molecule has 0 amide bonds. The molecule has 0 spiro atoms. The van der Waals surface area contributed by atoms with E-state index in [-0.39, 0.29) is 32.7 Å². The number of likely N-dealkylation sites (N-methyl/N-ethyl adjacent to an activating group) is 2. The molecular weight excluding hydrogens is 293 g/mol. The van der Waals surface area contributed by atoms with E-state index < -0.39 is 0 Å². The summed E-state index contributed by atoms with van der Waals surface area (Å²) in [4.78, 5) is 4.25. The minimum absolute atomic E-state index is 0. The molecule has 0 aliphatic rings. The number of nitrogens with one attached hydrogen (secondary N) is 1. The van der Waals surface area contributed by atoms with Gasteiger partial charge in [-0.2, -0.15) is 12.4 Å². The van der Waals surface area contributed by atoms with E-state index in [0.717, 1.165) is 32.5 Å². The molecule has 0 atom stereocenters. The van der Waals surface area contributed by atoms with Crippen molar-refractivity contribution in [3.8, 4) is 0 Å². The van der Waals surface area contributed by atoms with Gasteiger partial charge in [-0.15, -0.1) is 0 Å². The fourth-order valence-electron chi connectivity index (χ4n) is 1.21. The molecule has 0 aliphatic heterocycles. The van der Waals surface area contributed by atoms with Gasteiger partial charge in [0.05, 0.1) is 6.61 Å². The largest absolute Gasteiger partial charge is 0.810 e. The van der Waals surface area contributed by atoms with E-state index in [9.17, 15) is 0 Å². The second-order valence-corrected chi connectivity index (χ2v) is 3.88. The zero-order chi connectivity index (χ0) is 12.4. The molecule has 0 saturated carbocycles. The topological polar surface area (TPSA) is 61.8 Å². The molecule has 0 unspecified atom stereocenters. The summed E-state index contributed by atoms with van der Waals surface area (Å²) in [5, 5.41) is 8.80. The zero-order valence-corrected chi connectivity index (χ0v) is 13.9. The normalized spacial score (nSPS) is 11.7. The van der Waals surface area contributed by atoms with Crippen molar-refractivity contribution in [2.24, 2.45) is 0 Å². The predicted molar refractivity (Wildman–Crippen MR) is 68.7 cm³/mol. The van der Waals surface area contributed by atoms with Crippen LogP contribution in [0.15, 0.2) is 11.8 Å². The van der Waals surface area contributed by atoms with Crippen LogP contribution in [0.5, 0.6) is 0 Å². The van der Waals surface area contributed by atoms with Gasteiger partial charge in [-0.3, -0.25) is 0 Å². The summed E-state index contributed by atoms with van der Waals surface area (Å²) in [6.07, 6.45) is 2.16. The molecule has 0 aromatic carbocycles. The molecule has 0 saturated heterocycles. The van der Waals surface area contributed by atoms with Crippen molar-refractivity contribution in [1.82, 2.24) is 9.80 Å². The van der Waals surface area contributed by atoms with E-state index in [1.807, 2.05) is 14.1 Å². The SMILES string of the molecule is COCCN(C)CCN(C)C/C(C=[N-])=C/[NH-].[Y]. The van der Waals surface area contributed by atoms with Crippen LogP contribution in [0.2, 0.25) is 0 Å². The van der Waals surface area contributed by atoms with Gasteiger partial charge in [0.2, 0.25) is 0 Å². The van der Waals surface area contributed by atoms with Crippen molar-refractivity contribution < 1.29 is 37.4 Å². The van der Waals surface area contributed by atoms with Gasteiger partial charge in [0.25, 0.3) is 0 Å². The second kappa shape index (κ2) is 12.6. The second-order valence-electron chi connectivity index (χ2n) is 3.88. The Morgan fingerprint density at radius 2 is 1.82 bits per heavy atom. The Labute approximate surface area is 130 Å². The molecule has 0 aromatic heterocycles. The fraction of sp³-hybridized carbons (Fsp3) is 0.727. The Balaban J connectivity index is 0. The molecule has 1 radical (unpaired) electrons. The first kappa shape index (κ1) is 19.5. The van der Waals surface area contributed by atoms with Gasteiger partial charge in [-0.25, -0.2) is 0 Å². The van der Waals surface area contributed by atoms with Crippen LogP contribution >= 0.6 is 0 Å². The number of hydrogen-bond donors (Lipinski definition) is 0. The van der Waals surface area contributed by atoms with Crippen LogP contribution in [0.1, 0.15) is 0 Å². The maximum Gasteiger partial charge on any atom is 0.0589 e. The van der Waals surface area contributed by atoms with Gasteiger partial charge in [-0.05, 0) is 14.1 Å². The average molecular weight is 315 g/mol. The van der Waals surface area contributed by atoms with Crippen molar-refractivity contribution in [1.29, 1.82) is 0 Å². The molecular formula is C11H22N4OY-2. The van der Waals surface area contributed by atoms with Gasteiger partial charge < -0.3 is 25.7 Å². The quantitative estimate of drug-likeness (QED) is 0.598. The smallest absolute Gasteiger partial charge is 0.0589 e. The standard InChI is InChI=1S/C11H22N4O.Y/c1-14(6-7-16-3)4-5-15(2)10-11(8-12)9-13;/h8-9,12H,4-7,10H2,1-3H3;/q-2;/b11-8+;. The summed E-state index contributed by atoms with van der Waals surface area (Å²) in [6.45, 7) is 4.08. The van der Waals surface area contributed by atoms with Gasteiger partial charge >= 0.3 is 0 Å². The number of rotatable bonds is 9. The molecule has 0 heterocycles. The molecule has 1 N–H and O–H groups in total. The molecule has 97 valence electrons. The molecule has 0 rings (SSSR count). The van der Waals surface area contributed by atoms with Gasteiger partial charge in [0.1, 0.15) is 0 Å². The van der Waals surface area contributed by atoms with E-state index >= 15 is 0 Å². The Morgan fingerprint density at radius 1 is 1.24 bits per heavy atom. The van der Waals surface area contributed by atoms with Crippen LogP contribution in [0.25, 0.3) is 11.1 Å². The van der Waals surface area contributed by atoms with Crippen LogP contribution < -0.4 is 0 Å². The fourth-order valence-corrected chi connectivity index (χ4v) is 1.21. The number of hydrogen-bond acceptors (Lipinski definition) is 3. The zero-order valence-electron chi connectivity index (χ0n) is 11.0. The average Bonchev–Trinajstić information content (AvgIpc) is 2.30. The van der Waals surface area contributed by atoms with E-state index in [4.69, 9.17) is 15.9 Å². The van der Waals surface area contributed by atoms with Crippen molar-refractivity contribution in [3.05, 3.63) is 22.9 Å². The van der Waals surface area contributed by atoms with E-state index in [2.05, 4.69) is 9.80 Å². The molecule has 0 bridgehead atoms. The number of ether oxygens (including phenoxy) is 1. The minimum Gasteiger partial charge on any atom is -0.810 e. The van der Waals surface area contributed by atoms with Crippen molar-refractivity contribution in [3.63, 3.8) is 0 Å². The minimum atomic E-state index is 0.